The van der Waals surface area contributed by atoms with E-state index in [1.54, 1.807) is 0 Å². The molecule has 0 radical (unpaired) electrons. The molecule has 2 nitrogen and oxygen atoms in total. The molecule has 1 unspecified atom stereocenters. The first-order valence-corrected chi connectivity index (χ1v) is 4.45. The van der Waals surface area contributed by atoms with Gasteiger partial charge in [0.25, 0.3) is 5.91 Å². The Kier molecular flexibility index (Phi) is 3.87. The monoisotopic (exact) mass is 235 g/mol. The highest BCUT2D eigenvalue weighted by Gasteiger charge is 2.20. The maximum atomic E-state index is 13.2. The highest BCUT2D eigenvalue weighted by molar-refractivity contribution is 5.79. The molecule has 1 amide bonds. The predicted molar refractivity (Wildman–Crippen MR) is 48.9 cm³/mol. The van der Waals surface area contributed by atoms with Gasteiger partial charge in [-0.05, 0) is 13.0 Å². The van der Waals surface area contributed by atoms with Gasteiger partial charge >= 0.3 is 6.43 Å². The third kappa shape index (κ3) is 2.95. The molecule has 6 heteroatoms. The van der Waals surface area contributed by atoms with Crippen molar-refractivity contribution in [3.8, 4) is 0 Å². The van der Waals surface area contributed by atoms with E-state index < -0.39 is 30.0 Å². The summed E-state index contributed by atoms with van der Waals surface area (Å²) in [6.45, 7) is 1.33. The van der Waals surface area contributed by atoms with E-state index in [4.69, 9.17) is 0 Å². The Hall–Kier alpha value is -1.59. The normalized spacial score (nSPS) is 12.6. The van der Waals surface area contributed by atoms with Crippen molar-refractivity contribution in [1.82, 2.24) is 5.32 Å². The van der Waals surface area contributed by atoms with Crippen LogP contribution in [-0.2, 0) is 4.79 Å². The Morgan fingerprint density at radius 3 is 2.44 bits per heavy atom. The van der Waals surface area contributed by atoms with E-state index in [1.807, 2.05) is 5.32 Å². The summed E-state index contributed by atoms with van der Waals surface area (Å²) in [4.78, 5) is 10.6. The maximum absolute atomic E-state index is 13.2. The van der Waals surface area contributed by atoms with Crippen molar-refractivity contribution in [3.05, 3.63) is 35.4 Å². The molecule has 0 fully saturated rings. The molecule has 0 aliphatic carbocycles. The fraction of sp³-hybridized carbons (Fsp3) is 0.300. The molecule has 1 atom stereocenters. The molecule has 1 N–H and O–H groups in total. The second-order valence-electron chi connectivity index (χ2n) is 3.20. The fourth-order valence-corrected chi connectivity index (χ4v) is 1.21. The fourth-order valence-electron chi connectivity index (χ4n) is 1.21. The zero-order valence-electron chi connectivity index (χ0n) is 8.31. The summed E-state index contributed by atoms with van der Waals surface area (Å²) >= 11 is 0. The molecular formula is C10H9F4NO. The number of hydrogen-bond donors (Lipinski definition) is 1. The molecule has 1 rings (SSSR count). The molecule has 0 saturated heterocycles. The van der Waals surface area contributed by atoms with E-state index in [0.29, 0.717) is 6.07 Å². The van der Waals surface area contributed by atoms with Crippen molar-refractivity contribution in [3.63, 3.8) is 0 Å². The van der Waals surface area contributed by atoms with Crippen LogP contribution in [0.2, 0.25) is 0 Å². The van der Waals surface area contributed by atoms with Crippen molar-refractivity contribution in [2.24, 2.45) is 0 Å². The van der Waals surface area contributed by atoms with Crippen LogP contribution in [0.15, 0.2) is 18.2 Å². The Morgan fingerprint density at radius 1 is 1.31 bits per heavy atom. The molecule has 0 aliphatic heterocycles. The molecule has 0 aliphatic rings. The summed E-state index contributed by atoms with van der Waals surface area (Å²) in [5.41, 5.74) is -0.0459. The number of carbonyl (C=O) groups is 1. The number of amides is 1. The van der Waals surface area contributed by atoms with Gasteiger partial charge in [-0.15, -0.1) is 0 Å². The van der Waals surface area contributed by atoms with Crippen LogP contribution in [0.3, 0.4) is 0 Å². The minimum absolute atomic E-state index is 0.0459. The second kappa shape index (κ2) is 4.96. The molecule has 0 saturated carbocycles. The summed E-state index contributed by atoms with van der Waals surface area (Å²) in [5, 5.41) is 1.90. The summed E-state index contributed by atoms with van der Waals surface area (Å²) < 4.78 is 49.5. The molecular weight excluding hydrogens is 226 g/mol. The lowest BCUT2D eigenvalue weighted by atomic mass is 10.1. The van der Waals surface area contributed by atoms with Crippen LogP contribution in [0.1, 0.15) is 18.5 Å². The maximum Gasteiger partial charge on any atom is 0.315 e. The van der Waals surface area contributed by atoms with Crippen LogP contribution in [0, 0.1) is 11.6 Å². The lowest BCUT2D eigenvalue weighted by Crippen LogP contribution is -2.32. The summed E-state index contributed by atoms with van der Waals surface area (Å²) in [6, 6.07) is 1.77. The van der Waals surface area contributed by atoms with Crippen molar-refractivity contribution in [1.29, 1.82) is 0 Å². The molecule has 0 bridgehead atoms. The van der Waals surface area contributed by atoms with E-state index in [9.17, 15) is 22.4 Å². The van der Waals surface area contributed by atoms with Crippen molar-refractivity contribution in [2.75, 3.05) is 0 Å². The molecule has 1 aromatic carbocycles. The number of nitrogens with one attached hydrogen (secondary N) is 1. The number of halogens is 4. The van der Waals surface area contributed by atoms with Gasteiger partial charge in [-0.1, -0.05) is 6.07 Å². The smallest absolute Gasteiger partial charge is 0.315 e. The van der Waals surface area contributed by atoms with Crippen molar-refractivity contribution < 1.29 is 22.4 Å². The number of rotatable bonds is 3. The number of hydrogen-bond acceptors (Lipinski definition) is 1. The first kappa shape index (κ1) is 12.5. The summed E-state index contributed by atoms with van der Waals surface area (Å²) in [5.74, 6) is -3.15. The molecule has 0 aromatic heterocycles. The standard InChI is InChI=1S/C10H9F4NO/c1-5(15-10(16)9(13)14)7-3-2-6(11)4-8(7)12/h2-5,9H,1H3,(H,15,16). The van der Waals surface area contributed by atoms with E-state index >= 15 is 0 Å². The van der Waals surface area contributed by atoms with Gasteiger partial charge in [0.2, 0.25) is 0 Å². The summed E-state index contributed by atoms with van der Waals surface area (Å²) in [6.07, 6.45) is -3.16. The third-order valence-corrected chi connectivity index (χ3v) is 1.99. The van der Waals surface area contributed by atoms with Gasteiger partial charge < -0.3 is 5.32 Å². The molecule has 1 aromatic rings. The van der Waals surface area contributed by atoms with Gasteiger partial charge in [0.05, 0.1) is 6.04 Å². The Labute approximate surface area is 89.3 Å². The lowest BCUT2D eigenvalue weighted by Gasteiger charge is -2.14. The Balaban J connectivity index is 2.80. The van der Waals surface area contributed by atoms with E-state index in [1.165, 1.54) is 6.92 Å². The summed E-state index contributed by atoms with van der Waals surface area (Å²) in [7, 11) is 0. The molecule has 0 heterocycles. The largest absolute Gasteiger partial charge is 0.345 e. The van der Waals surface area contributed by atoms with Crippen LogP contribution in [0.4, 0.5) is 17.6 Å². The minimum atomic E-state index is -3.16. The zero-order chi connectivity index (χ0) is 12.3. The lowest BCUT2D eigenvalue weighted by molar-refractivity contribution is -0.132. The van der Waals surface area contributed by atoms with Gasteiger partial charge in [-0.2, -0.15) is 8.78 Å². The van der Waals surface area contributed by atoms with E-state index in [2.05, 4.69) is 0 Å². The topological polar surface area (TPSA) is 29.1 Å². The SMILES string of the molecule is CC(NC(=O)C(F)F)c1ccc(F)cc1F. The Morgan fingerprint density at radius 2 is 1.94 bits per heavy atom. The van der Waals surface area contributed by atoms with Crippen molar-refractivity contribution >= 4 is 5.91 Å². The van der Waals surface area contributed by atoms with Crippen molar-refractivity contribution in [2.45, 2.75) is 19.4 Å². The Bertz CT molecular complexity index is 394. The average Bonchev–Trinajstić information content (AvgIpc) is 2.16. The predicted octanol–water partition coefficient (Wildman–Crippen LogP) is 2.41. The van der Waals surface area contributed by atoms with E-state index in [-0.39, 0.29) is 5.56 Å². The highest BCUT2D eigenvalue weighted by Crippen LogP contribution is 2.17. The first-order valence-electron chi connectivity index (χ1n) is 4.45. The van der Waals surface area contributed by atoms with Gasteiger partial charge in [-0.25, -0.2) is 8.78 Å². The van der Waals surface area contributed by atoms with Crippen LogP contribution in [0.25, 0.3) is 0 Å². The number of carbonyl (C=O) groups excluding carboxylic acids is 1. The van der Waals surface area contributed by atoms with Gasteiger partial charge in [0.15, 0.2) is 0 Å². The number of alkyl halides is 2. The van der Waals surface area contributed by atoms with Crippen LogP contribution in [-0.4, -0.2) is 12.3 Å². The van der Waals surface area contributed by atoms with Crippen LogP contribution < -0.4 is 5.32 Å². The second-order valence-corrected chi connectivity index (χ2v) is 3.20. The average molecular weight is 235 g/mol. The van der Waals surface area contributed by atoms with Crippen LogP contribution in [0.5, 0.6) is 0 Å². The zero-order valence-corrected chi connectivity index (χ0v) is 8.31. The van der Waals surface area contributed by atoms with Crippen LogP contribution >= 0.6 is 0 Å². The highest BCUT2D eigenvalue weighted by atomic mass is 19.3. The molecule has 16 heavy (non-hydrogen) atoms. The first-order chi connectivity index (χ1) is 7.41. The van der Waals surface area contributed by atoms with Gasteiger partial charge in [0, 0.05) is 11.6 Å². The molecule has 0 spiro atoms. The molecule has 88 valence electrons. The minimum Gasteiger partial charge on any atom is -0.345 e. The number of benzene rings is 1. The van der Waals surface area contributed by atoms with Gasteiger partial charge in [-0.3, -0.25) is 4.79 Å². The van der Waals surface area contributed by atoms with E-state index in [0.717, 1.165) is 12.1 Å². The third-order valence-electron chi connectivity index (χ3n) is 1.99. The quantitative estimate of drug-likeness (QED) is 0.801. The van der Waals surface area contributed by atoms with Gasteiger partial charge in [0.1, 0.15) is 11.6 Å².